The fraction of sp³-hybridized carbons (Fsp3) is 0.500. The van der Waals surface area contributed by atoms with E-state index in [0.29, 0.717) is 12.0 Å². The molecule has 0 bridgehead atoms. The number of anilines is 1. The minimum Gasteiger partial charge on any atom is -0.384 e. The van der Waals surface area contributed by atoms with Crippen molar-refractivity contribution < 1.29 is 13.2 Å². The van der Waals surface area contributed by atoms with Crippen LogP contribution in [0.15, 0.2) is 24.3 Å². The van der Waals surface area contributed by atoms with Gasteiger partial charge in [0, 0.05) is 18.3 Å². The molecule has 1 amide bonds. The van der Waals surface area contributed by atoms with Crippen molar-refractivity contribution in [2.75, 3.05) is 23.4 Å². The van der Waals surface area contributed by atoms with Crippen LogP contribution in [0.1, 0.15) is 30.1 Å². The van der Waals surface area contributed by atoms with Crippen molar-refractivity contribution in [3.05, 3.63) is 29.8 Å². The van der Waals surface area contributed by atoms with Crippen LogP contribution in [-0.4, -0.2) is 38.4 Å². The molecule has 1 aliphatic heterocycles. The first-order valence-electron chi connectivity index (χ1n) is 6.86. The smallest absolute Gasteiger partial charge is 0.253 e. The van der Waals surface area contributed by atoms with Crippen LogP contribution in [0.3, 0.4) is 0 Å². The SMILES string of the molecule is CCCNc1ccccc1C(=O)NC1CCS(=O)(=O)C1. The number of hydrogen-bond donors (Lipinski definition) is 2. The van der Waals surface area contributed by atoms with E-state index >= 15 is 0 Å². The van der Waals surface area contributed by atoms with E-state index in [4.69, 9.17) is 0 Å². The Morgan fingerprint density at radius 3 is 2.75 bits per heavy atom. The van der Waals surface area contributed by atoms with Gasteiger partial charge in [-0.25, -0.2) is 8.42 Å². The van der Waals surface area contributed by atoms with E-state index in [9.17, 15) is 13.2 Å². The molecule has 110 valence electrons. The van der Waals surface area contributed by atoms with Gasteiger partial charge in [0.1, 0.15) is 0 Å². The summed E-state index contributed by atoms with van der Waals surface area (Å²) in [7, 11) is -2.98. The summed E-state index contributed by atoms with van der Waals surface area (Å²) in [6.07, 6.45) is 1.47. The highest BCUT2D eigenvalue weighted by Crippen LogP contribution is 2.17. The topological polar surface area (TPSA) is 75.3 Å². The van der Waals surface area contributed by atoms with Crippen molar-refractivity contribution in [3.63, 3.8) is 0 Å². The van der Waals surface area contributed by atoms with E-state index in [-0.39, 0.29) is 23.5 Å². The second-order valence-corrected chi connectivity index (χ2v) is 7.27. The first-order valence-corrected chi connectivity index (χ1v) is 8.68. The van der Waals surface area contributed by atoms with Gasteiger partial charge in [-0.3, -0.25) is 4.79 Å². The van der Waals surface area contributed by atoms with Crippen LogP contribution in [0.5, 0.6) is 0 Å². The average Bonchev–Trinajstić information content (AvgIpc) is 2.76. The molecule has 1 aromatic rings. The van der Waals surface area contributed by atoms with E-state index < -0.39 is 9.84 Å². The summed E-state index contributed by atoms with van der Waals surface area (Å²) in [5.74, 6) is -0.0111. The van der Waals surface area contributed by atoms with E-state index in [0.717, 1.165) is 18.7 Å². The molecule has 1 atom stereocenters. The average molecular weight is 296 g/mol. The quantitative estimate of drug-likeness (QED) is 0.862. The highest BCUT2D eigenvalue weighted by molar-refractivity contribution is 7.91. The predicted molar refractivity (Wildman–Crippen MR) is 79.7 cm³/mol. The molecule has 1 heterocycles. The molecule has 0 aromatic heterocycles. The fourth-order valence-corrected chi connectivity index (χ4v) is 3.94. The number of amides is 1. The third-order valence-electron chi connectivity index (χ3n) is 3.30. The van der Waals surface area contributed by atoms with E-state index in [1.165, 1.54) is 0 Å². The minimum atomic E-state index is -2.98. The zero-order valence-corrected chi connectivity index (χ0v) is 12.4. The zero-order valence-electron chi connectivity index (χ0n) is 11.6. The van der Waals surface area contributed by atoms with Crippen LogP contribution in [-0.2, 0) is 9.84 Å². The van der Waals surface area contributed by atoms with Gasteiger partial charge < -0.3 is 10.6 Å². The van der Waals surface area contributed by atoms with E-state index in [1.54, 1.807) is 12.1 Å². The van der Waals surface area contributed by atoms with Gasteiger partial charge in [-0.2, -0.15) is 0 Å². The molecule has 0 radical (unpaired) electrons. The normalized spacial score (nSPS) is 20.6. The molecule has 0 aliphatic carbocycles. The summed E-state index contributed by atoms with van der Waals surface area (Å²) in [4.78, 5) is 12.2. The monoisotopic (exact) mass is 296 g/mol. The first-order chi connectivity index (χ1) is 9.52. The van der Waals surface area contributed by atoms with Crippen molar-refractivity contribution >= 4 is 21.4 Å². The Bertz CT molecular complexity index is 584. The van der Waals surface area contributed by atoms with Crippen LogP contribution >= 0.6 is 0 Å². The molecule has 6 heteroatoms. The van der Waals surface area contributed by atoms with Gasteiger partial charge >= 0.3 is 0 Å². The van der Waals surface area contributed by atoms with Crippen molar-refractivity contribution in [1.82, 2.24) is 5.32 Å². The first kappa shape index (κ1) is 14.8. The molecule has 0 saturated carbocycles. The maximum absolute atomic E-state index is 12.2. The molecular weight excluding hydrogens is 276 g/mol. The second-order valence-electron chi connectivity index (χ2n) is 5.05. The summed E-state index contributed by atoms with van der Waals surface area (Å²) < 4.78 is 22.8. The molecule has 0 spiro atoms. The number of benzene rings is 1. The Morgan fingerprint density at radius 1 is 1.35 bits per heavy atom. The zero-order chi connectivity index (χ0) is 14.6. The lowest BCUT2D eigenvalue weighted by Crippen LogP contribution is -2.35. The van der Waals surface area contributed by atoms with Crippen molar-refractivity contribution in [2.24, 2.45) is 0 Å². The van der Waals surface area contributed by atoms with Crippen LogP contribution in [0.2, 0.25) is 0 Å². The molecule has 1 aromatic carbocycles. The van der Waals surface area contributed by atoms with Gasteiger partial charge in [-0.15, -0.1) is 0 Å². The number of carbonyl (C=O) groups is 1. The van der Waals surface area contributed by atoms with Crippen molar-refractivity contribution in [3.8, 4) is 0 Å². The van der Waals surface area contributed by atoms with Gasteiger partial charge in [0.15, 0.2) is 9.84 Å². The van der Waals surface area contributed by atoms with E-state index in [2.05, 4.69) is 17.6 Å². The molecule has 2 rings (SSSR count). The molecule has 2 N–H and O–H groups in total. The molecule has 1 fully saturated rings. The Labute approximate surface area is 119 Å². The molecule has 1 unspecified atom stereocenters. The minimum absolute atomic E-state index is 0.0449. The van der Waals surface area contributed by atoms with Crippen LogP contribution in [0.4, 0.5) is 5.69 Å². The van der Waals surface area contributed by atoms with Gasteiger partial charge in [-0.05, 0) is 25.0 Å². The highest BCUT2D eigenvalue weighted by Gasteiger charge is 2.29. The molecular formula is C14H20N2O3S. The standard InChI is InChI=1S/C14H20N2O3S/c1-2-8-15-13-6-4-3-5-12(13)14(17)16-11-7-9-20(18,19)10-11/h3-6,11,15H,2,7-10H2,1H3,(H,16,17). The maximum Gasteiger partial charge on any atom is 0.253 e. The number of nitrogens with one attached hydrogen (secondary N) is 2. The predicted octanol–water partition coefficient (Wildman–Crippen LogP) is 1.43. The Kier molecular flexibility index (Phi) is 4.65. The van der Waals surface area contributed by atoms with Crippen molar-refractivity contribution in [2.45, 2.75) is 25.8 Å². The molecule has 20 heavy (non-hydrogen) atoms. The molecule has 1 saturated heterocycles. The van der Waals surface area contributed by atoms with Gasteiger partial charge in [-0.1, -0.05) is 19.1 Å². The third-order valence-corrected chi connectivity index (χ3v) is 5.07. The summed E-state index contributed by atoms with van der Waals surface area (Å²) in [6, 6.07) is 7.01. The summed E-state index contributed by atoms with van der Waals surface area (Å²) in [6.45, 7) is 2.85. The van der Waals surface area contributed by atoms with Gasteiger partial charge in [0.2, 0.25) is 0 Å². The number of rotatable bonds is 5. The number of sulfone groups is 1. The summed E-state index contributed by atoms with van der Waals surface area (Å²) in [5.41, 5.74) is 1.35. The van der Waals surface area contributed by atoms with Crippen LogP contribution in [0, 0.1) is 0 Å². The van der Waals surface area contributed by atoms with Crippen LogP contribution in [0.25, 0.3) is 0 Å². The lowest BCUT2D eigenvalue weighted by Gasteiger charge is -2.14. The Balaban J connectivity index is 2.06. The third kappa shape index (κ3) is 3.72. The van der Waals surface area contributed by atoms with Gasteiger partial charge in [0.05, 0.1) is 17.1 Å². The highest BCUT2D eigenvalue weighted by atomic mass is 32.2. The summed E-state index contributed by atoms with van der Waals surface area (Å²) in [5, 5.41) is 6.02. The van der Waals surface area contributed by atoms with E-state index in [1.807, 2.05) is 12.1 Å². The maximum atomic E-state index is 12.2. The largest absolute Gasteiger partial charge is 0.384 e. The number of para-hydroxylation sites is 1. The number of hydrogen-bond acceptors (Lipinski definition) is 4. The number of carbonyl (C=O) groups excluding carboxylic acids is 1. The molecule has 1 aliphatic rings. The molecule has 5 nitrogen and oxygen atoms in total. The van der Waals surface area contributed by atoms with Gasteiger partial charge in [0.25, 0.3) is 5.91 Å². The Morgan fingerprint density at radius 2 is 2.10 bits per heavy atom. The second kappa shape index (κ2) is 6.26. The lowest BCUT2D eigenvalue weighted by atomic mass is 10.1. The van der Waals surface area contributed by atoms with Crippen molar-refractivity contribution in [1.29, 1.82) is 0 Å². The fourth-order valence-electron chi connectivity index (χ4n) is 2.27. The van der Waals surface area contributed by atoms with Crippen LogP contribution < -0.4 is 10.6 Å². The Hall–Kier alpha value is -1.56. The summed E-state index contributed by atoms with van der Waals surface area (Å²) >= 11 is 0. The lowest BCUT2D eigenvalue weighted by molar-refractivity contribution is 0.0942.